The SMILES string of the molecule is O=C([O-])CN1CCOCCN(CC(=O)[O-])CCN(CC(=O)[O-])CC1.[Gd+3]. The molecule has 0 N–H and O–H groups in total. The fourth-order valence-corrected chi connectivity index (χ4v) is 2.41. The first-order valence-corrected chi connectivity index (χ1v) is 7.71. The number of hydrogen-bond acceptors (Lipinski definition) is 10. The first-order valence-electron chi connectivity index (χ1n) is 7.71. The summed E-state index contributed by atoms with van der Waals surface area (Å²) >= 11 is 0. The van der Waals surface area contributed by atoms with Gasteiger partial charge in [0.1, 0.15) is 0 Å². The molecule has 0 aromatic carbocycles. The van der Waals surface area contributed by atoms with Crippen molar-refractivity contribution in [1.29, 1.82) is 0 Å². The van der Waals surface area contributed by atoms with Gasteiger partial charge in [0.15, 0.2) is 0 Å². The van der Waals surface area contributed by atoms with Crippen molar-refractivity contribution < 1.29 is 74.4 Å². The van der Waals surface area contributed by atoms with E-state index in [4.69, 9.17) is 4.74 Å². The molecule has 1 fully saturated rings. The van der Waals surface area contributed by atoms with Gasteiger partial charge in [-0.15, -0.1) is 0 Å². The number of nitrogens with zero attached hydrogens (tertiary/aromatic N) is 3. The van der Waals surface area contributed by atoms with Crippen LogP contribution < -0.4 is 15.3 Å². The van der Waals surface area contributed by atoms with Crippen LogP contribution in [0, 0.1) is 39.9 Å². The zero-order valence-electron chi connectivity index (χ0n) is 13.8. The summed E-state index contributed by atoms with van der Waals surface area (Å²) in [6, 6.07) is 0. The van der Waals surface area contributed by atoms with Crippen molar-refractivity contribution in [3.8, 4) is 0 Å². The van der Waals surface area contributed by atoms with Crippen LogP contribution in [-0.2, 0) is 19.1 Å². The van der Waals surface area contributed by atoms with E-state index in [1.807, 2.05) is 0 Å². The van der Waals surface area contributed by atoms with Gasteiger partial charge in [-0.1, -0.05) is 0 Å². The van der Waals surface area contributed by atoms with Crippen LogP contribution in [0.5, 0.6) is 0 Å². The smallest absolute Gasteiger partial charge is 0.549 e. The van der Waals surface area contributed by atoms with Gasteiger partial charge in [-0.3, -0.25) is 14.7 Å². The molecule has 10 nitrogen and oxygen atoms in total. The Morgan fingerprint density at radius 1 is 0.640 bits per heavy atom. The zero-order chi connectivity index (χ0) is 17.9. The van der Waals surface area contributed by atoms with E-state index >= 15 is 0 Å². The number of hydrogen-bond donors (Lipinski definition) is 0. The third kappa shape index (κ3) is 12.5. The number of carbonyl (C=O) groups is 3. The normalized spacial score (nSPS) is 19.2. The maximum atomic E-state index is 10.9. The quantitative estimate of drug-likeness (QED) is 0.346. The second-order valence-corrected chi connectivity index (χ2v) is 5.56. The molecule has 1 aliphatic rings. The minimum Gasteiger partial charge on any atom is -0.549 e. The maximum absolute atomic E-state index is 10.9. The van der Waals surface area contributed by atoms with Crippen LogP contribution in [0.3, 0.4) is 0 Å². The van der Waals surface area contributed by atoms with Crippen LogP contribution in [0.15, 0.2) is 0 Å². The van der Waals surface area contributed by atoms with Gasteiger partial charge in [0.05, 0.1) is 31.1 Å². The summed E-state index contributed by atoms with van der Waals surface area (Å²) in [6.45, 7) is 1.70. The molecule has 1 radical (unpaired) electrons. The molecule has 0 aromatic heterocycles. The molecular weight excluding hydrogens is 479 g/mol. The van der Waals surface area contributed by atoms with Crippen molar-refractivity contribution in [3.05, 3.63) is 0 Å². The molecular formula is C14H22GdN3O7. The minimum atomic E-state index is -1.25. The molecule has 1 saturated heterocycles. The molecule has 0 aromatic rings. The summed E-state index contributed by atoms with van der Waals surface area (Å²) in [5, 5.41) is 32.4. The number of carboxylic acids is 3. The molecule has 0 bridgehead atoms. The van der Waals surface area contributed by atoms with Gasteiger partial charge in [-0.25, -0.2) is 0 Å². The van der Waals surface area contributed by atoms with Crippen LogP contribution in [-0.4, -0.2) is 105 Å². The topological polar surface area (TPSA) is 139 Å². The molecule has 0 aliphatic carbocycles. The summed E-state index contributed by atoms with van der Waals surface area (Å²) < 4.78 is 5.39. The van der Waals surface area contributed by atoms with Crippen LogP contribution >= 0.6 is 0 Å². The second-order valence-electron chi connectivity index (χ2n) is 5.56. The standard InChI is InChI=1S/C14H25N3O7.Gd/c18-12(19)9-15-1-3-16(10-13(20)21)5-7-24-8-6-17(4-2-15)11-14(22)23;/h1-11H2,(H,18,19)(H,20,21)(H,22,23);/q;+3/p-3. The Morgan fingerprint density at radius 3 is 1.20 bits per heavy atom. The number of ether oxygens (including phenoxy) is 1. The molecule has 0 amide bonds. The van der Waals surface area contributed by atoms with E-state index in [0.29, 0.717) is 39.3 Å². The molecule has 25 heavy (non-hydrogen) atoms. The first kappa shape index (κ1) is 24.6. The minimum absolute atomic E-state index is 0. The van der Waals surface area contributed by atoms with Gasteiger partial charge in [-0.2, -0.15) is 0 Å². The van der Waals surface area contributed by atoms with E-state index < -0.39 is 17.9 Å². The van der Waals surface area contributed by atoms with Gasteiger partial charge in [0, 0.05) is 58.9 Å². The Bertz CT molecular complexity index is 409. The zero-order valence-corrected chi connectivity index (χ0v) is 16.1. The molecule has 0 spiro atoms. The van der Waals surface area contributed by atoms with Crippen molar-refractivity contribution in [1.82, 2.24) is 14.7 Å². The fraction of sp³-hybridized carbons (Fsp3) is 0.786. The van der Waals surface area contributed by atoms with E-state index in [1.54, 1.807) is 14.7 Å². The van der Waals surface area contributed by atoms with Crippen molar-refractivity contribution in [3.63, 3.8) is 0 Å². The average Bonchev–Trinajstić information content (AvgIpc) is 2.45. The van der Waals surface area contributed by atoms with Gasteiger partial charge in [0.25, 0.3) is 0 Å². The molecule has 1 rings (SSSR count). The van der Waals surface area contributed by atoms with Gasteiger partial charge < -0.3 is 34.4 Å². The maximum Gasteiger partial charge on any atom is 3.00 e. The molecule has 0 saturated carbocycles. The van der Waals surface area contributed by atoms with Crippen molar-refractivity contribution >= 4 is 17.9 Å². The Morgan fingerprint density at radius 2 is 0.920 bits per heavy atom. The number of aliphatic carboxylic acids is 3. The molecule has 0 unspecified atom stereocenters. The predicted molar refractivity (Wildman–Crippen MR) is 75.2 cm³/mol. The van der Waals surface area contributed by atoms with Gasteiger partial charge in [0.2, 0.25) is 0 Å². The second kappa shape index (κ2) is 13.7. The summed E-state index contributed by atoms with van der Waals surface area (Å²) in [7, 11) is 0. The number of rotatable bonds is 6. The summed E-state index contributed by atoms with van der Waals surface area (Å²) in [5.74, 6) is -3.68. The van der Waals surface area contributed by atoms with E-state index in [-0.39, 0.29) is 72.8 Å². The summed E-state index contributed by atoms with van der Waals surface area (Å²) in [5.41, 5.74) is 0. The van der Waals surface area contributed by atoms with E-state index in [2.05, 4.69) is 0 Å². The molecule has 0 atom stereocenters. The van der Waals surface area contributed by atoms with E-state index in [1.165, 1.54) is 0 Å². The Kier molecular flexibility index (Phi) is 13.5. The first-order chi connectivity index (χ1) is 11.4. The Labute approximate surface area is 178 Å². The Hall–Kier alpha value is -0.425. The van der Waals surface area contributed by atoms with Crippen LogP contribution in [0.1, 0.15) is 0 Å². The van der Waals surface area contributed by atoms with Gasteiger partial charge >= 0.3 is 39.9 Å². The third-order valence-corrected chi connectivity index (χ3v) is 3.63. The molecule has 1 heterocycles. The molecule has 11 heteroatoms. The largest absolute Gasteiger partial charge is 3.00 e. The van der Waals surface area contributed by atoms with Crippen LogP contribution in [0.25, 0.3) is 0 Å². The monoisotopic (exact) mass is 502 g/mol. The predicted octanol–water partition coefficient (Wildman–Crippen LogP) is -5.83. The molecule has 1 aliphatic heterocycles. The van der Waals surface area contributed by atoms with Crippen LogP contribution in [0.2, 0.25) is 0 Å². The van der Waals surface area contributed by atoms with E-state index in [0.717, 1.165) is 0 Å². The van der Waals surface area contributed by atoms with Crippen molar-refractivity contribution in [2.75, 3.05) is 72.1 Å². The summed E-state index contributed by atoms with van der Waals surface area (Å²) in [6.07, 6.45) is 0. The summed E-state index contributed by atoms with van der Waals surface area (Å²) in [4.78, 5) is 37.2. The molecule has 143 valence electrons. The van der Waals surface area contributed by atoms with Crippen molar-refractivity contribution in [2.45, 2.75) is 0 Å². The number of carbonyl (C=O) groups excluding carboxylic acids is 3. The third-order valence-electron chi connectivity index (χ3n) is 3.63. The average molecular weight is 502 g/mol. The fourth-order valence-electron chi connectivity index (χ4n) is 2.41. The Balaban J connectivity index is 0.00000576. The number of carboxylic acid groups (broad SMARTS) is 3. The van der Waals surface area contributed by atoms with Crippen molar-refractivity contribution in [2.24, 2.45) is 0 Å². The van der Waals surface area contributed by atoms with Gasteiger partial charge in [-0.05, 0) is 0 Å². The van der Waals surface area contributed by atoms with E-state index in [9.17, 15) is 29.7 Å². The van der Waals surface area contributed by atoms with Crippen LogP contribution in [0.4, 0.5) is 0 Å².